The minimum atomic E-state index is -1.06. The number of carbonyl (C=O) groups excluding carboxylic acids is 1. The molecule has 0 bridgehead atoms. The lowest BCUT2D eigenvalue weighted by molar-refractivity contribution is 0.0696. The zero-order chi connectivity index (χ0) is 19.2. The van der Waals surface area contributed by atoms with Crippen molar-refractivity contribution in [3.05, 3.63) is 89.7 Å². The van der Waals surface area contributed by atoms with Gasteiger partial charge in [-0.05, 0) is 48.5 Å². The van der Waals surface area contributed by atoms with Gasteiger partial charge in [0, 0.05) is 11.8 Å². The molecule has 0 unspecified atom stereocenters. The molecule has 7 heteroatoms. The summed E-state index contributed by atoms with van der Waals surface area (Å²) in [4.78, 5) is 28.8. The number of carbonyl (C=O) groups is 2. The lowest BCUT2D eigenvalue weighted by Gasteiger charge is -2.13. The maximum atomic E-state index is 13.6. The van der Waals surface area contributed by atoms with Crippen LogP contribution >= 0.6 is 0 Å². The molecule has 0 heterocycles. The van der Waals surface area contributed by atoms with Crippen LogP contribution in [-0.4, -0.2) is 17.0 Å². The van der Waals surface area contributed by atoms with Crippen LogP contribution in [0.3, 0.4) is 0 Å². The monoisotopic (exact) mass is 366 g/mol. The van der Waals surface area contributed by atoms with E-state index in [2.05, 4.69) is 10.8 Å². The highest BCUT2D eigenvalue weighted by atomic mass is 19.1. The number of hydrogen-bond donors (Lipinski definition) is 3. The molecule has 0 aliphatic rings. The maximum Gasteiger partial charge on any atom is 0.335 e. The van der Waals surface area contributed by atoms with Crippen LogP contribution in [0.15, 0.2) is 72.8 Å². The van der Waals surface area contributed by atoms with Crippen molar-refractivity contribution in [2.45, 2.75) is 0 Å². The van der Waals surface area contributed by atoms with Crippen LogP contribution in [0.25, 0.3) is 0 Å². The standard InChI is InChI=1S/C20H15FN2O4/c21-14-8-11-17(18(12-14)23-27-16-4-2-1-3-5-16)19(24)22-15-9-6-13(7-10-15)20(25)26/h1-12,23H,(H,22,24)(H,25,26). The Bertz CT molecular complexity index is 959. The Morgan fingerprint density at radius 3 is 2.30 bits per heavy atom. The molecular formula is C20H15FN2O4. The number of carboxylic acid groups (broad SMARTS) is 1. The molecular weight excluding hydrogens is 351 g/mol. The van der Waals surface area contributed by atoms with Gasteiger partial charge in [-0.1, -0.05) is 18.2 Å². The Kier molecular flexibility index (Phi) is 5.32. The van der Waals surface area contributed by atoms with Gasteiger partial charge in [0.1, 0.15) is 5.82 Å². The SMILES string of the molecule is O=C(O)c1ccc(NC(=O)c2ccc(F)cc2NOc2ccccc2)cc1. The molecule has 0 saturated carbocycles. The predicted molar refractivity (Wildman–Crippen MR) is 98.4 cm³/mol. The summed E-state index contributed by atoms with van der Waals surface area (Å²) < 4.78 is 13.6. The van der Waals surface area contributed by atoms with Crippen LogP contribution in [-0.2, 0) is 0 Å². The van der Waals surface area contributed by atoms with E-state index in [0.29, 0.717) is 11.4 Å². The molecule has 6 nitrogen and oxygen atoms in total. The average molecular weight is 366 g/mol. The topological polar surface area (TPSA) is 87.7 Å². The smallest absolute Gasteiger partial charge is 0.335 e. The molecule has 0 aliphatic heterocycles. The lowest BCUT2D eigenvalue weighted by atomic mass is 10.1. The fourth-order valence-electron chi connectivity index (χ4n) is 2.30. The quantitative estimate of drug-likeness (QED) is 0.570. The summed E-state index contributed by atoms with van der Waals surface area (Å²) in [7, 11) is 0. The normalized spacial score (nSPS) is 10.1. The molecule has 0 saturated heterocycles. The number of anilines is 2. The first kappa shape index (κ1) is 17.9. The Hall–Kier alpha value is -3.87. The Labute approximate surface area is 154 Å². The van der Waals surface area contributed by atoms with Crippen LogP contribution in [0.4, 0.5) is 15.8 Å². The number of aromatic carboxylic acids is 1. The van der Waals surface area contributed by atoms with Crippen molar-refractivity contribution >= 4 is 23.3 Å². The second-order valence-electron chi connectivity index (χ2n) is 5.54. The van der Waals surface area contributed by atoms with Gasteiger partial charge in [0.2, 0.25) is 0 Å². The van der Waals surface area contributed by atoms with Gasteiger partial charge in [0.25, 0.3) is 5.91 Å². The lowest BCUT2D eigenvalue weighted by Crippen LogP contribution is -2.16. The van der Waals surface area contributed by atoms with Gasteiger partial charge in [-0.25, -0.2) is 14.7 Å². The van der Waals surface area contributed by atoms with Crippen LogP contribution in [0, 0.1) is 5.82 Å². The number of carboxylic acids is 1. The van der Waals surface area contributed by atoms with Crippen molar-refractivity contribution in [1.82, 2.24) is 0 Å². The minimum absolute atomic E-state index is 0.105. The first-order chi connectivity index (χ1) is 13.0. The van der Waals surface area contributed by atoms with Crippen molar-refractivity contribution in [1.29, 1.82) is 0 Å². The third-order valence-corrected chi connectivity index (χ3v) is 3.64. The van der Waals surface area contributed by atoms with Gasteiger partial charge < -0.3 is 15.3 Å². The number of nitrogens with one attached hydrogen (secondary N) is 2. The fourth-order valence-corrected chi connectivity index (χ4v) is 2.30. The van der Waals surface area contributed by atoms with Gasteiger partial charge in [-0.2, -0.15) is 0 Å². The largest absolute Gasteiger partial charge is 0.478 e. The number of para-hydroxylation sites is 1. The van der Waals surface area contributed by atoms with Crippen LogP contribution in [0.1, 0.15) is 20.7 Å². The van der Waals surface area contributed by atoms with Gasteiger partial charge in [-0.3, -0.25) is 4.79 Å². The summed E-state index contributed by atoms with van der Waals surface area (Å²) in [5, 5.41) is 11.5. The molecule has 0 fully saturated rings. The first-order valence-electron chi connectivity index (χ1n) is 7.95. The highest BCUT2D eigenvalue weighted by Crippen LogP contribution is 2.21. The third-order valence-electron chi connectivity index (χ3n) is 3.64. The van der Waals surface area contributed by atoms with Gasteiger partial charge in [-0.15, -0.1) is 0 Å². The van der Waals surface area contributed by atoms with Crippen molar-refractivity contribution in [2.75, 3.05) is 10.8 Å². The van der Waals surface area contributed by atoms with Crippen molar-refractivity contribution in [3.8, 4) is 5.75 Å². The van der Waals surface area contributed by atoms with E-state index in [-0.39, 0.29) is 16.8 Å². The number of amides is 1. The van der Waals surface area contributed by atoms with E-state index in [0.717, 1.165) is 12.1 Å². The number of rotatable bonds is 6. The zero-order valence-electron chi connectivity index (χ0n) is 14.0. The number of hydrogen-bond acceptors (Lipinski definition) is 4. The van der Waals surface area contributed by atoms with E-state index in [1.54, 1.807) is 24.3 Å². The molecule has 0 aromatic heterocycles. The van der Waals surface area contributed by atoms with Crippen LogP contribution < -0.4 is 15.6 Å². The van der Waals surface area contributed by atoms with Gasteiger partial charge >= 0.3 is 5.97 Å². The molecule has 3 aromatic rings. The van der Waals surface area contributed by atoms with Crippen molar-refractivity contribution < 1.29 is 23.9 Å². The van der Waals surface area contributed by atoms with E-state index in [4.69, 9.17) is 9.94 Å². The van der Waals surface area contributed by atoms with E-state index in [1.165, 1.54) is 30.3 Å². The summed E-state index contributed by atoms with van der Waals surface area (Å²) in [5.41, 5.74) is 3.41. The van der Waals surface area contributed by atoms with E-state index in [1.807, 2.05) is 6.07 Å². The highest BCUT2D eigenvalue weighted by molar-refractivity contribution is 6.08. The summed E-state index contributed by atoms with van der Waals surface area (Å²) in [6.45, 7) is 0. The van der Waals surface area contributed by atoms with Crippen LogP contribution in [0.5, 0.6) is 5.75 Å². The van der Waals surface area contributed by atoms with Crippen molar-refractivity contribution in [3.63, 3.8) is 0 Å². The second-order valence-corrected chi connectivity index (χ2v) is 5.54. The minimum Gasteiger partial charge on any atom is -0.478 e. The van der Waals surface area contributed by atoms with Gasteiger partial charge in [0.05, 0.1) is 16.8 Å². The van der Waals surface area contributed by atoms with Crippen molar-refractivity contribution in [2.24, 2.45) is 0 Å². The Balaban J connectivity index is 1.76. The summed E-state index contributed by atoms with van der Waals surface area (Å²) in [6.07, 6.45) is 0. The van der Waals surface area contributed by atoms with Crippen LogP contribution in [0.2, 0.25) is 0 Å². The van der Waals surface area contributed by atoms with E-state index >= 15 is 0 Å². The molecule has 3 aromatic carbocycles. The van der Waals surface area contributed by atoms with E-state index < -0.39 is 17.7 Å². The molecule has 0 radical (unpaired) electrons. The maximum absolute atomic E-state index is 13.6. The van der Waals surface area contributed by atoms with E-state index in [9.17, 15) is 14.0 Å². The molecule has 1 amide bonds. The molecule has 0 atom stereocenters. The average Bonchev–Trinajstić information content (AvgIpc) is 2.67. The molecule has 27 heavy (non-hydrogen) atoms. The zero-order valence-corrected chi connectivity index (χ0v) is 14.0. The second kappa shape index (κ2) is 8.01. The fraction of sp³-hybridized carbons (Fsp3) is 0. The third kappa shape index (κ3) is 4.60. The first-order valence-corrected chi connectivity index (χ1v) is 7.95. The van der Waals surface area contributed by atoms with Gasteiger partial charge in [0.15, 0.2) is 5.75 Å². The summed E-state index contributed by atoms with van der Waals surface area (Å²) in [6, 6.07) is 18.1. The predicted octanol–water partition coefficient (Wildman–Crippen LogP) is 4.18. The summed E-state index contributed by atoms with van der Waals surface area (Å²) in [5.74, 6) is -1.60. The number of benzene rings is 3. The molecule has 0 aliphatic carbocycles. The molecule has 3 N–H and O–H groups in total. The molecule has 3 rings (SSSR count). The molecule has 136 valence electrons. The molecule has 0 spiro atoms. The number of halogens is 1. The highest BCUT2D eigenvalue weighted by Gasteiger charge is 2.14. The Morgan fingerprint density at radius 2 is 1.63 bits per heavy atom. The summed E-state index contributed by atoms with van der Waals surface area (Å²) >= 11 is 0. The Morgan fingerprint density at radius 1 is 0.926 bits per heavy atom.